The van der Waals surface area contributed by atoms with Crippen molar-refractivity contribution in [1.82, 2.24) is 9.97 Å². The number of carboxylic acid groups (broad SMARTS) is 1. The second-order valence-electron chi connectivity index (χ2n) is 8.14. The summed E-state index contributed by atoms with van der Waals surface area (Å²) in [4.78, 5) is 22.9. The van der Waals surface area contributed by atoms with Crippen molar-refractivity contribution in [2.45, 2.75) is 68.4 Å². The van der Waals surface area contributed by atoms with Crippen LogP contribution in [0.3, 0.4) is 0 Å². The number of hydrogen-bond acceptors (Lipinski definition) is 7. The van der Waals surface area contributed by atoms with Crippen molar-refractivity contribution in [3.05, 3.63) is 35.3 Å². The van der Waals surface area contributed by atoms with E-state index in [4.69, 9.17) is 4.42 Å². The lowest BCUT2D eigenvalue weighted by Gasteiger charge is -2.20. The van der Waals surface area contributed by atoms with Crippen LogP contribution in [0, 0.1) is 0 Å². The zero-order valence-corrected chi connectivity index (χ0v) is 21.3. The van der Waals surface area contributed by atoms with E-state index in [1.807, 2.05) is 29.6 Å². The van der Waals surface area contributed by atoms with Crippen LogP contribution in [0.1, 0.15) is 58.6 Å². The Kier molecular flexibility index (Phi) is 10.3. The zero-order chi connectivity index (χ0) is 22.3. The molecule has 2 heterocycles. The number of carboxylic acids is 1. The molecule has 0 unspecified atom stereocenters. The maximum Gasteiger partial charge on any atom is 0.319 e. The quantitative estimate of drug-likeness (QED) is 0.208. The number of unbranched alkanes of at least 4 members (excludes halogenated alkanes) is 4. The number of oxazole rings is 1. The Balaban J connectivity index is 0.00000363. The Bertz CT molecular complexity index is 957. The Morgan fingerprint density at radius 3 is 2.62 bits per heavy atom. The van der Waals surface area contributed by atoms with Crippen LogP contribution in [-0.4, -0.2) is 38.9 Å². The van der Waals surface area contributed by atoms with Crippen LogP contribution >= 0.6 is 35.5 Å². The van der Waals surface area contributed by atoms with E-state index < -0.39 is 10.7 Å². The molecular formula is C23H32ClN3O3S2. The van der Waals surface area contributed by atoms with Crippen molar-refractivity contribution in [1.29, 1.82) is 0 Å². The summed E-state index contributed by atoms with van der Waals surface area (Å²) in [5, 5.41) is 11.4. The van der Waals surface area contributed by atoms with E-state index in [0.717, 1.165) is 47.1 Å². The van der Waals surface area contributed by atoms with Gasteiger partial charge >= 0.3 is 5.97 Å². The number of rotatable bonds is 13. The number of aromatic nitrogens is 2. The fraction of sp³-hybridized carbons (Fsp3) is 0.522. The van der Waals surface area contributed by atoms with Crippen LogP contribution in [0.15, 0.2) is 38.4 Å². The monoisotopic (exact) mass is 497 g/mol. The second-order valence-corrected chi connectivity index (χ2v) is 10.9. The van der Waals surface area contributed by atoms with E-state index >= 15 is 0 Å². The predicted molar refractivity (Wildman–Crippen MR) is 136 cm³/mol. The van der Waals surface area contributed by atoms with E-state index in [9.17, 15) is 9.90 Å². The third-order valence-corrected chi connectivity index (χ3v) is 7.28. The minimum Gasteiger partial charge on any atom is -0.480 e. The van der Waals surface area contributed by atoms with Gasteiger partial charge in [-0.3, -0.25) is 4.79 Å². The van der Waals surface area contributed by atoms with Gasteiger partial charge < -0.3 is 14.4 Å². The zero-order valence-electron chi connectivity index (χ0n) is 18.9. The summed E-state index contributed by atoms with van der Waals surface area (Å²) in [6.45, 7) is 7.29. The lowest BCUT2D eigenvalue weighted by atomic mass is 10.1. The van der Waals surface area contributed by atoms with E-state index in [-0.39, 0.29) is 12.4 Å². The van der Waals surface area contributed by atoms with Gasteiger partial charge in [-0.2, -0.15) is 4.98 Å². The number of para-hydroxylation sites is 2. The number of hydrogen-bond donors (Lipinski definition) is 1. The summed E-state index contributed by atoms with van der Waals surface area (Å²) in [7, 11) is 0. The molecule has 1 N–H and O–H groups in total. The van der Waals surface area contributed by atoms with Gasteiger partial charge in [0.2, 0.25) is 0 Å². The van der Waals surface area contributed by atoms with Gasteiger partial charge in [0.25, 0.3) is 6.01 Å². The molecule has 0 saturated carbocycles. The van der Waals surface area contributed by atoms with Gasteiger partial charge in [-0.15, -0.1) is 23.7 Å². The standard InChI is InChI=1S/C23H31N3O3S2.ClH/c1-4-5-6-7-10-14-26(21-25-18-11-8-9-12-19(18)29-21)15-13-17-16-30-22(24-17)31-23(2,3)20(27)28;/h8-9,11-12,16H,4-7,10,13-15H2,1-3H3,(H,27,28);1H. The molecule has 0 aliphatic carbocycles. The number of halogens is 1. The van der Waals surface area contributed by atoms with Crippen molar-refractivity contribution < 1.29 is 14.3 Å². The van der Waals surface area contributed by atoms with Gasteiger partial charge in [-0.1, -0.05) is 56.5 Å². The molecule has 0 amide bonds. The number of nitrogens with zero attached hydrogens (tertiary/aromatic N) is 3. The molecule has 0 radical (unpaired) electrons. The molecular weight excluding hydrogens is 466 g/mol. The highest BCUT2D eigenvalue weighted by atomic mass is 35.5. The molecule has 2 aromatic heterocycles. The number of aliphatic carboxylic acids is 1. The second kappa shape index (κ2) is 12.5. The average Bonchev–Trinajstić information content (AvgIpc) is 3.36. The average molecular weight is 498 g/mol. The number of carbonyl (C=O) groups is 1. The highest BCUT2D eigenvalue weighted by Gasteiger charge is 2.29. The molecule has 0 aliphatic rings. The fourth-order valence-corrected chi connectivity index (χ4v) is 5.39. The molecule has 176 valence electrons. The smallest absolute Gasteiger partial charge is 0.319 e. The van der Waals surface area contributed by atoms with Gasteiger partial charge in [0.1, 0.15) is 10.3 Å². The maximum atomic E-state index is 11.4. The van der Waals surface area contributed by atoms with Crippen LogP contribution < -0.4 is 4.90 Å². The normalized spacial score (nSPS) is 11.5. The summed E-state index contributed by atoms with van der Waals surface area (Å²) in [6.07, 6.45) is 6.82. The summed E-state index contributed by atoms with van der Waals surface area (Å²) in [5.74, 6) is -0.834. The number of thiazole rings is 1. The largest absolute Gasteiger partial charge is 0.480 e. The van der Waals surface area contributed by atoms with E-state index in [2.05, 4.69) is 21.8 Å². The number of anilines is 1. The van der Waals surface area contributed by atoms with Crippen LogP contribution in [0.2, 0.25) is 0 Å². The van der Waals surface area contributed by atoms with Crippen molar-refractivity contribution in [2.24, 2.45) is 0 Å². The third kappa shape index (κ3) is 7.39. The van der Waals surface area contributed by atoms with Crippen molar-refractivity contribution in [3.8, 4) is 0 Å². The molecule has 1 aromatic carbocycles. The van der Waals surface area contributed by atoms with Crippen LogP contribution in [0.5, 0.6) is 0 Å². The van der Waals surface area contributed by atoms with Crippen molar-refractivity contribution in [3.63, 3.8) is 0 Å². The van der Waals surface area contributed by atoms with Gasteiger partial charge in [0.05, 0.1) is 5.69 Å². The van der Waals surface area contributed by atoms with Crippen molar-refractivity contribution in [2.75, 3.05) is 18.0 Å². The van der Waals surface area contributed by atoms with Gasteiger partial charge in [-0.05, 0) is 32.4 Å². The lowest BCUT2D eigenvalue weighted by molar-refractivity contribution is -0.138. The predicted octanol–water partition coefficient (Wildman–Crippen LogP) is 6.68. The van der Waals surface area contributed by atoms with Gasteiger partial charge in [-0.25, -0.2) is 4.98 Å². The Labute approximate surface area is 204 Å². The molecule has 0 bridgehead atoms. The number of benzene rings is 1. The minimum absolute atomic E-state index is 0. The molecule has 3 rings (SSSR count). The number of thioether (sulfide) groups is 1. The van der Waals surface area contributed by atoms with Gasteiger partial charge in [0, 0.05) is 24.9 Å². The third-order valence-electron chi connectivity index (χ3n) is 5.11. The first kappa shape index (κ1) is 26.5. The SMILES string of the molecule is CCCCCCCN(CCc1csc(SC(C)(C)C(=O)O)n1)c1nc2ccccc2o1.Cl. The first-order valence-corrected chi connectivity index (χ1v) is 12.6. The summed E-state index contributed by atoms with van der Waals surface area (Å²) < 4.78 is 5.92. The molecule has 3 aromatic rings. The lowest BCUT2D eigenvalue weighted by Crippen LogP contribution is -2.27. The summed E-state index contributed by atoms with van der Waals surface area (Å²) in [5.41, 5.74) is 2.65. The molecule has 32 heavy (non-hydrogen) atoms. The van der Waals surface area contributed by atoms with Crippen LogP contribution in [0.4, 0.5) is 6.01 Å². The van der Waals surface area contributed by atoms with Crippen LogP contribution in [-0.2, 0) is 11.2 Å². The topological polar surface area (TPSA) is 79.5 Å². The molecule has 9 heteroatoms. The minimum atomic E-state index is -0.891. The van der Waals surface area contributed by atoms with Crippen LogP contribution in [0.25, 0.3) is 11.1 Å². The molecule has 0 saturated heterocycles. The number of fused-ring (bicyclic) bond motifs is 1. The van der Waals surface area contributed by atoms with Gasteiger partial charge in [0.15, 0.2) is 9.92 Å². The van der Waals surface area contributed by atoms with E-state index in [1.54, 1.807) is 13.8 Å². The first-order chi connectivity index (χ1) is 14.9. The summed E-state index contributed by atoms with van der Waals surface area (Å²) in [6, 6.07) is 8.50. The molecule has 0 aliphatic heterocycles. The fourth-order valence-electron chi connectivity index (χ4n) is 3.17. The molecule has 0 atom stereocenters. The highest BCUT2D eigenvalue weighted by molar-refractivity contribution is 8.02. The Hall–Kier alpha value is -1.77. The highest BCUT2D eigenvalue weighted by Crippen LogP contribution is 2.34. The van der Waals surface area contributed by atoms with E-state index in [0.29, 0.717) is 6.01 Å². The molecule has 6 nitrogen and oxygen atoms in total. The molecule has 0 fully saturated rings. The van der Waals surface area contributed by atoms with E-state index in [1.165, 1.54) is 48.8 Å². The maximum absolute atomic E-state index is 11.4. The molecule has 0 spiro atoms. The Morgan fingerprint density at radius 1 is 1.16 bits per heavy atom. The summed E-state index contributed by atoms with van der Waals surface area (Å²) >= 11 is 2.80. The van der Waals surface area contributed by atoms with Crippen molar-refractivity contribution >= 4 is 58.6 Å². The Morgan fingerprint density at radius 2 is 1.91 bits per heavy atom. The first-order valence-electron chi connectivity index (χ1n) is 10.9.